The Balaban J connectivity index is 1.58. The first-order valence-electron chi connectivity index (χ1n) is 11.0. The van der Waals surface area contributed by atoms with E-state index in [1.54, 1.807) is 12.1 Å². The lowest BCUT2D eigenvalue weighted by atomic mass is 9.74. The third-order valence-electron chi connectivity index (χ3n) is 7.00. The van der Waals surface area contributed by atoms with E-state index in [9.17, 15) is 9.18 Å². The van der Waals surface area contributed by atoms with Gasteiger partial charge in [-0.15, -0.1) is 0 Å². The predicted molar refractivity (Wildman–Crippen MR) is 122 cm³/mol. The molecule has 31 heavy (non-hydrogen) atoms. The van der Waals surface area contributed by atoms with E-state index < -0.39 is 0 Å². The summed E-state index contributed by atoms with van der Waals surface area (Å²) in [7, 11) is 2.12. The third-order valence-corrected chi connectivity index (χ3v) is 7.00. The Morgan fingerprint density at radius 3 is 2.06 bits per heavy atom. The summed E-state index contributed by atoms with van der Waals surface area (Å²) in [5, 5.41) is 0. The summed E-state index contributed by atoms with van der Waals surface area (Å²) < 4.78 is 14.3. The number of carbonyl (C=O) groups excluding carboxylic acids is 1. The Kier molecular flexibility index (Phi) is 5.11. The molecule has 5 rings (SSSR count). The summed E-state index contributed by atoms with van der Waals surface area (Å²) in [5.41, 5.74) is 3.65. The molecule has 0 N–H and O–H groups in total. The number of piperidine rings is 1. The molecule has 4 heteroatoms. The molecule has 0 bridgehead atoms. The summed E-state index contributed by atoms with van der Waals surface area (Å²) in [6.45, 7) is 2.53. The molecule has 0 aliphatic carbocycles. The van der Waals surface area contributed by atoms with Crippen LogP contribution in [-0.4, -0.2) is 37.5 Å². The minimum Gasteiger partial charge on any atom is -0.310 e. The van der Waals surface area contributed by atoms with E-state index in [-0.39, 0.29) is 23.1 Å². The van der Waals surface area contributed by atoms with Crippen LogP contribution < -0.4 is 4.90 Å². The van der Waals surface area contributed by atoms with E-state index in [0.717, 1.165) is 48.3 Å². The van der Waals surface area contributed by atoms with Crippen LogP contribution in [0.2, 0.25) is 0 Å². The van der Waals surface area contributed by atoms with Gasteiger partial charge in [0.25, 0.3) is 0 Å². The minimum atomic E-state index is -0.387. The van der Waals surface area contributed by atoms with Gasteiger partial charge in [-0.3, -0.25) is 4.79 Å². The second-order valence-corrected chi connectivity index (χ2v) is 8.92. The molecule has 1 amide bonds. The molecular weight excluding hydrogens is 387 g/mol. The van der Waals surface area contributed by atoms with E-state index in [2.05, 4.69) is 11.9 Å². The molecule has 1 saturated heterocycles. The van der Waals surface area contributed by atoms with Crippen molar-refractivity contribution in [2.75, 3.05) is 31.6 Å². The predicted octanol–water partition coefficient (Wildman–Crippen LogP) is 4.97. The number of likely N-dealkylation sites (tertiary alicyclic amines) is 1. The number of benzene rings is 3. The highest BCUT2D eigenvalue weighted by molar-refractivity contribution is 6.02. The first-order valence-corrected chi connectivity index (χ1v) is 11.0. The van der Waals surface area contributed by atoms with Crippen molar-refractivity contribution in [3.8, 4) is 0 Å². The van der Waals surface area contributed by atoms with Gasteiger partial charge in [-0.2, -0.15) is 0 Å². The van der Waals surface area contributed by atoms with Crippen molar-refractivity contribution in [1.82, 2.24) is 4.90 Å². The number of nitrogens with zero attached hydrogens (tertiary/aromatic N) is 2. The van der Waals surface area contributed by atoms with Gasteiger partial charge in [-0.25, -0.2) is 4.39 Å². The second-order valence-electron chi connectivity index (χ2n) is 8.92. The highest BCUT2D eigenvalue weighted by Gasteiger charge is 2.47. The van der Waals surface area contributed by atoms with Gasteiger partial charge in [0.05, 0.1) is 5.92 Å². The molecule has 0 saturated carbocycles. The summed E-state index contributed by atoms with van der Waals surface area (Å²) in [6, 6.07) is 24.8. The van der Waals surface area contributed by atoms with Gasteiger partial charge in [0.1, 0.15) is 5.82 Å². The molecule has 3 aromatic rings. The SMILES string of the molecule is CN1CCC2(CC1)CN(C(=O)C(c1ccccc1)c1ccccc1)c1ccc(F)cc12. The summed E-state index contributed by atoms with van der Waals surface area (Å²) in [4.78, 5) is 18.3. The van der Waals surface area contributed by atoms with Crippen LogP contribution in [0.5, 0.6) is 0 Å². The smallest absolute Gasteiger partial charge is 0.239 e. The van der Waals surface area contributed by atoms with Crippen LogP contribution in [0.3, 0.4) is 0 Å². The highest BCUT2D eigenvalue weighted by atomic mass is 19.1. The lowest BCUT2D eigenvalue weighted by molar-refractivity contribution is -0.119. The van der Waals surface area contributed by atoms with Gasteiger partial charge in [0, 0.05) is 17.6 Å². The zero-order valence-electron chi connectivity index (χ0n) is 17.8. The fourth-order valence-corrected chi connectivity index (χ4v) is 5.24. The van der Waals surface area contributed by atoms with Crippen LogP contribution in [-0.2, 0) is 10.2 Å². The number of anilines is 1. The maximum Gasteiger partial charge on any atom is 0.239 e. The monoisotopic (exact) mass is 414 g/mol. The lowest BCUT2D eigenvalue weighted by Gasteiger charge is -2.38. The van der Waals surface area contributed by atoms with E-state index in [4.69, 9.17) is 0 Å². The summed E-state index contributed by atoms with van der Waals surface area (Å²) in [5.74, 6) is -0.559. The van der Waals surface area contributed by atoms with Crippen molar-refractivity contribution in [3.63, 3.8) is 0 Å². The fraction of sp³-hybridized carbons (Fsp3) is 0.296. The Morgan fingerprint density at radius 2 is 1.48 bits per heavy atom. The van der Waals surface area contributed by atoms with Crippen LogP contribution in [0.15, 0.2) is 78.9 Å². The van der Waals surface area contributed by atoms with Gasteiger partial charge in [0.15, 0.2) is 0 Å². The van der Waals surface area contributed by atoms with Gasteiger partial charge in [0.2, 0.25) is 5.91 Å². The molecule has 0 aromatic heterocycles. The molecule has 2 heterocycles. The quantitative estimate of drug-likeness (QED) is 0.604. The van der Waals surface area contributed by atoms with Gasteiger partial charge < -0.3 is 9.80 Å². The van der Waals surface area contributed by atoms with Crippen molar-refractivity contribution in [2.45, 2.75) is 24.2 Å². The zero-order chi connectivity index (χ0) is 21.4. The molecule has 2 aliphatic heterocycles. The molecule has 0 atom stereocenters. The van der Waals surface area contributed by atoms with Crippen LogP contribution in [0.1, 0.15) is 35.4 Å². The molecule has 2 aliphatic rings. The van der Waals surface area contributed by atoms with Crippen molar-refractivity contribution >= 4 is 11.6 Å². The van der Waals surface area contributed by atoms with Crippen molar-refractivity contribution in [3.05, 3.63) is 101 Å². The van der Waals surface area contributed by atoms with Crippen molar-refractivity contribution in [1.29, 1.82) is 0 Å². The zero-order valence-corrected chi connectivity index (χ0v) is 17.8. The number of carbonyl (C=O) groups is 1. The number of hydrogen-bond acceptors (Lipinski definition) is 2. The van der Waals surface area contributed by atoms with E-state index >= 15 is 0 Å². The normalized spacial score (nSPS) is 17.8. The third kappa shape index (κ3) is 3.55. The van der Waals surface area contributed by atoms with E-state index in [0.29, 0.717) is 6.54 Å². The van der Waals surface area contributed by atoms with Gasteiger partial charge in [-0.05, 0) is 67.9 Å². The molecule has 1 fully saturated rings. The summed E-state index contributed by atoms with van der Waals surface area (Å²) >= 11 is 0. The van der Waals surface area contributed by atoms with Crippen LogP contribution >= 0.6 is 0 Å². The molecule has 3 aromatic carbocycles. The maximum absolute atomic E-state index is 14.3. The summed E-state index contributed by atoms with van der Waals surface area (Å²) in [6.07, 6.45) is 1.87. The second kappa shape index (κ2) is 7.93. The molecule has 3 nitrogen and oxygen atoms in total. The molecular formula is C27H27FN2O. The topological polar surface area (TPSA) is 23.6 Å². The van der Waals surface area contributed by atoms with E-state index in [1.807, 2.05) is 65.6 Å². The van der Waals surface area contributed by atoms with Gasteiger partial charge >= 0.3 is 0 Å². The van der Waals surface area contributed by atoms with Crippen LogP contribution in [0.4, 0.5) is 10.1 Å². The number of hydrogen-bond donors (Lipinski definition) is 0. The van der Waals surface area contributed by atoms with Crippen molar-refractivity contribution in [2.24, 2.45) is 0 Å². The Bertz CT molecular complexity index is 1040. The standard InChI is InChI=1S/C27H27FN2O/c1-29-16-14-27(15-17-29)19-30(24-13-12-22(28)18-23(24)27)26(31)25(20-8-4-2-5-9-20)21-10-6-3-7-11-21/h2-13,18,25H,14-17,19H2,1H3. The first kappa shape index (κ1) is 20.0. The van der Waals surface area contributed by atoms with Crippen LogP contribution in [0.25, 0.3) is 0 Å². The van der Waals surface area contributed by atoms with Gasteiger partial charge in [-0.1, -0.05) is 60.7 Å². The lowest BCUT2D eigenvalue weighted by Crippen LogP contribution is -2.45. The van der Waals surface area contributed by atoms with E-state index in [1.165, 1.54) is 6.07 Å². The Labute approximate surface area is 183 Å². The average Bonchev–Trinajstić information content (AvgIpc) is 3.11. The highest BCUT2D eigenvalue weighted by Crippen LogP contribution is 2.48. The first-order chi connectivity index (χ1) is 15.1. The fourth-order valence-electron chi connectivity index (χ4n) is 5.24. The largest absolute Gasteiger partial charge is 0.310 e. The molecule has 158 valence electrons. The number of amides is 1. The average molecular weight is 415 g/mol. The Morgan fingerprint density at radius 1 is 0.903 bits per heavy atom. The molecule has 0 unspecified atom stereocenters. The van der Waals surface area contributed by atoms with Crippen molar-refractivity contribution < 1.29 is 9.18 Å². The molecule has 0 radical (unpaired) electrons. The Hall–Kier alpha value is -2.98. The number of rotatable bonds is 3. The van der Waals surface area contributed by atoms with Crippen LogP contribution in [0, 0.1) is 5.82 Å². The number of fused-ring (bicyclic) bond motifs is 2. The molecule has 1 spiro atoms. The number of halogens is 1. The maximum atomic E-state index is 14.3. The minimum absolute atomic E-state index is 0.0565.